The maximum absolute atomic E-state index is 13.5. The third-order valence-electron chi connectivity index (χ3n) is 3.44. The molecular formula is C13H14FN. The first kappa shape index (κ1) is 10.2. The molecule has 1 aromatic carbocycles. The van der Waals surface area contributed by atoms with Crippen LogP contribution in [0.25, 0.3) is 0 Å². The van der Waals surface area contributed by atoms with Crippen LogP contribution in [0, 0.1) is 31.0 Å². The van der Waals surface area contributed by atoms with E-state index in [0.29, 0.717) is 5.56 Å². The van der Waals surface area contributed by atoms with E-state index in [1.807, 2.05) is 13.0 Å². The van der Waals surface area contributed by atoms with E-state index in [1.165, 1.54) is 0 Å². The molecule has 78 valence electrons. The summed E-state index contributed by atoms with van der Waals surface area (Å²) in [5.41, 5.74) is 2.18. The van der Waals surface area contributed by atoms with Crippen LogP contribution in [-0.2, 0) is 5.41 Å². The molecule has 0 amide bonds. The molecular weight excluding hydrogens is 189 g/mol. The van der Waals surface area contributed by atoms with E-state index in [-0.39, 0.29) is 5.82 Å². The number of hydrogen-bond acceptors (Lipinski definition) is 1. The van der Waals surface area contributed by atoms with Gasteiger partial charge >= 0.3 is 0 Å². The Kier molecular flexibility index (Phi) is 2.26. The van der Waals surface area contributed by atoms with Crippen molar-refractivity contribution in [3.63, 3.8) is 0 Å². The van der Waals surface area contributed by atoms with Crippen LogP contribution in [0.2, 0.25) is 0 Å². The zero-order chi connectivity index (χ0) is 11.1. The lowest BCUT2D eigenvalue weighted by Gasteiger charge is -2.36. The summed E-state index contributed by atoms with van der Waals surface area (Å²) in [5.74, 6) is -0.197. The monoisotopic (exact) mass is 203 g/mol. The van der Waals surface area contributed by atoms with Crippen LogP contribution >= 0.6 is 0 Å². The van der Waals surface area contributed by atoms with Crippen LogP contribution in [0.15, 0.2) is 12.1 Å². The molecule has 1 fully saturated rings. The van der Waals surface area contributed by atoms with Crippen molar-refractivity contribution >= 4 is 0 Å². The highest BCUT2D eigenvalue weighted by molar-refractivity contribution is 5.43. The second-order valence-corrected chi connectivity index (χ2v) is 4.46. The van der Waals surface area contributed by atoms with Gasteiger partial charge in [0.25, 0.3) is 0 Å². The van der Waals surface area contributed by atoms with Crippen molar-refractivity contribution in [2.45, 2.75) is 38.5 Å². The summed E-state index contributed by atoms with van der Waals surface area (Å²) in [5, 5.41) is 9.20. The Labute approximate surface area is 89.5 Å². The molecule has 15 heavy (non-hydrogen) atoms. The van der Waals surface area contributed by atoms with Gasteiger partial charge in [0.2, 0.25) is 0 Å². The predicted octanol–water partition coefficient (Wildman–Crippen LogP) is 3.39. The van der Waals surface area contributed by atoms with Gasteiger partial charge in [0.1, 0.15) is 5.82 Å². The SMILES string of the molecule is Cc1cc(C)c(C2(C#N)CCC2)cc1F. The van der Waals surface area contributed by atoms with E-state index in [2.05, 4.69) is 6.07 Å². The highest BCUT2D eigenvalue weighted by Crippen LogP contribution is 2.44. The Morgan fingerprint density at radius 2 is 1.93 bits per heavy atom. The van der Waals surface area contributed by atoms with E-state index in [1.54, 1.807) is 13.0 Å². The minimum absolute atomic E-state index is 0.197. The van der Waals surface area contributed by atoms with Gasteiger partial charge < -0.3 is 0 Å². The second-order valence-electron chi connectivity index (χ2n) is 4.46. The van der Waals surface area contributed by atoms with Gasteiger partial charge in [-0.1, -0.05) is 6.07 Å². The molecule has 1 aliphatic carbocycles. The summed E-state index contributed by atoms with van der Waals surface area (Å²) in [4.78, 5) is 0. The number of nitriles is 1. The fourth-order valence-electron chi connectivity index (χ4n) is 2.31. The molecule has 1 aromatic rings. The first-order chi connectivity index (χ1) is 7.09. The average molecular weight is 203 g/mol. The smallest absolute Gasteiger partial charge is 0.126 e. The largest absolute Gasteiger partial charge is 0.207 e. The zero-order valence-corrected chi connectivity index (χ0v) is 9.10. The van der Waals surface area contributed by atoms with Crippen LogP contribution < -0.4 is 0 Å². The molecule has 2 rings (SSSR count). The van der Waals surface area contributed by atoms with Gasteiger partial charge in [-0.2, -0.15) is 5.26 Å². The summed E-state index contributed by atoms with van der Waals surface area (Å²) < 4.78 is 13.5. The number of hydrogen-bond donors (Lipinski definition) is 0. The van der Waals surface area contributed by atoms with Crippen LogP contribution in [0.5, 0.6) is 0 Å². The third-order valence-corrected chi connectivity index (χ3v) is 3.44. The molecule has 0 unspecified atom stereocenters. The number of aryl methyl sites for hydroxylation is 2. The van der Waals surface area contributed by atoms with Crippen molar-refractivity contribution in [3.8, 4) is 6.07 Å². The van der Waals surface area contributed by atoms with E-state index in [9.17, 15) is 9.65 Å². The normalized spacial score (nSPS) is 18.0. The van der Waals surface area contributed by atoms with Gasteiger partial charge in [-0.05, 0) is 55.9 Å². The Bertz CT molecular complexity index is 439. The number of halogens is 1. The first-order valence-corrected chi connectivity index (χ1v) is 5.27. The molecule has 0 spiro atoms. The molecule has 0 radical (unpaired) electrons. The Morgan fingerprint density at radius 1 is 1.27 bits per heavy atom. The minimum atomic E-state index is -0.404. The van der Waals surface area contributed by atoms with Crippen LogP contribution in [0.3, 0.4) is 0 Å². The third kappa shape index (κ3) is 1.43. The van der Waals surface area contributed by atoms with E-state index < -0.39 is 5.41 Å². The second kappa shape index (κ2) is 3.34. The van der Waals surface area contributed by atoms with Gasteiger partial charge in [-0.15, -0.1) is 0 Å². The van der Waals surface area contributed by atoms with Crippen molar-refractivity contribution in [2.24, 2.45) is 0 Å². The fourth-order valence-corrected chi connectivity index (χ4v) is 2.31. The van der Waals surface area contributed by atoms with Crippen LogP contribution in [-0.4, -0.2) is 0 Å². The maximum atomic E-state index is 13.5. The van der Waals surface area contributed by atoms with E-state index in [0.717, 1.165) is 30.4 Å². The highest BCUT2D eigenvalue weighted by atomic mass is 19.1. The van der Waals surface area contributed by atoms with Crippen LogP contribution in [0.4, 0.5) is 4.39 Å². The molecule has 1 nitrogen and oxygen atoms in total. The van der Waals surface area contributed by atoms with Crippen LogP contribution in [0.1, 0.15) is 36.0 Å². The number of rotatable bonds is 1. The lowest BCUT2D eigenvalue weighted by molar-refractivity contribution is 0.321. The quantitative estimate of drug-likeness (QED) is 0.686. The van der Waals surface area contributed by atoms with Crippen molar-refractivity contribution < 1.29 is 4.39 Å². The molecule has 0 heterocycles. The molecule has 1 saturated carbocycles. The number of benzene rings is 1. The molecule has 0 bridgehead atoms. The van der Waals surface area contributed by atoms with Gasteiger partial charge in [0.05, 0.1) is 11.5 Å². The summed E-state index contributed by atoms with van der Waals surface area (Å²) in [7, 11) is 0. The topological polar surface area (TPSA) is 23.8 Å². The van der Waals surface area contributed by atoms with E-state index >= 15 is 0 Å². The lowest BCUT2D eigenvalue weighted by Crippen LogP contribution is -2.33. The van der Waals surface area contributed by atoms with Crippen molar-refractivity contribution in [3.05, 3.63) is 34.6 Å². The highest BCUT2D eigenvalue weighted by Gasteiger charge is 2.40. The van der Waals surface area contributed by atoms with Gasteiger partial charge in [0, 0.05) is 0 Å². The summed E-state index contributed by atoms with van der Waals surface area (Å²) >= 11 is 0. The lowest BCUT2D eigenvalue weighted by atomic mass is 9.64. The first-order valence-electron chi connectivity index (χ1n) is 5.27. The standard InChI is InChI=1S/C13H14FN/c1-9-6-10(2)12(14)7-11(9)13(8-15)4-3-5-13/h6-7H,3-5H2,1-2H3. The predicted molar refractivity (Wildman–Crippen MR) is 57.0 cm³/mol. The molecule has 0 N–H and O–H groups in total. The molecule has 0 aliphatic heterocycles. The summed E-state index contributed by atoms with van der Waals surface area (Å²) in [6.45, 7) is 3.71. The number of nitrogens with zero attached hydrogens (tertiary/aromatic N) is 1. The van der Waals surface area contributed by atoms with Crippen molar-refractivity contribution in [2.75, 3.05) is 0 Å². The average Bonchev–Trinajstić information content (AvgIpc) is 2.12. The molecule has 1 aliphatic rings. The van der Waals surface area contributed by atoms with Gasteiger partial charge in [-0.25, -0.2) is 4.39 Å². The van der Waals surface area contributed by atoms with Crippen molar-refractivity contribution in [1.82, 2.24) is 0 Å². The minimum Gasteiger partial charge on any atom is -0.207 e. The summed E-state index contributed by atoms with van der Waals surface area (Å²) in [6.07, 6.45) is 2.81. The maximum Gasteiger partial charge on any atom is 0.126 e. The van der Waals surface area contributed by atoms with Gasteiger partial charge in [-0.3, -0.25) is 0 Å². The Balaban J connectivity index is 2.54. The van der Waals surface area contributed by atoms with Crippen molar-refractivity contribution in [1.29, 1.82) is 5.26 Å². The Morgan fingerprint density at radius 3 is 2.40 bits per heavy atom. The Hall–Kier alpha value is -1.36. The molecule has 0 atom stereocenters. The summed E-state index contributed by atoms with van der Waals surface area (Å²) in [6, 6.07) is 5.74. The van der Waals surface area contributed by atoms with Gasteiger partial charge in [0.15, 0.2) is 0 Å². The molecule has 2 heteroatoms. The zero-order valence-electron chi connectivity index (χ0n) is 9.10. The molecule has 0 aromatic heterocycles. The van der Waals surface area contributed by atoms with E-state index in [4.69, 9.17) is 0 Å². The molecule has 0 saturated heterocycles. The fraction of sp³-hybridized carbons (Fsp3) is 0.462.